The van der Waals surface area contributed by atoms with Crippen LogP contribution in [-0.4, -0.2) is 73.3 Å². The van der Waals surface area contributed by atoms with Gasteiger partial charge >= 0.3 is 11.9 Å². The molecule has 1 aromatic carbocycles. The summed E-state index contributed by atoms with van der Waals surface area (Å²) in [6.45, 7) is -0.753. The average molecular weight is 455 g/mol. The summed E-state index contributed by atoms with van der Waals surface area (Å²) in [7, 11) is 2.34. The molecule has 0 bridgehead atoms. The number of imide groups is 1. The van der Waals surface area contributed by atoms with E-state index >= 15 is 0 Å². The van der Waals surface area contributed by atoms with E-state index in [1.807, 2.05) is 0 Å². The van der Waals surface area contributed by atoms with Crippen LogP contribution in [0.1, 0.15) is 33.6 Å². The van der Waals surface area contributed by atoms with Crippen LogP contribution in [0.25, 0.3) is 0 Å². The molecule has 0 atom stereocenters. The zero-order valence-electron chi connectivity index (χ0n) is 15.4. The maximum Gasteiger partial charge on any atom is 0.325 e. The Hall–Kier alpha value is -2.75. The van der Waals surface area contributed by atoms with E-state index in [2.05, 4.69) is 25.4 Å². The second-order valence-electron chi connectivity index (χ2n) is 5.96. The molecule has 0 saturated carbocycles. The number of carbonyl (C=O) groups is 5. The maximum absolute atomic E-state index is 12.4. The summed E-state index contributed by atoms with van der Waals surface area (Å²) in [4.78, 5) is 62.1. The number of rotatable bonds is 8. The molecule has 1 aromatic rings. The summed E-state index contributed by atoms with van der Waals surface area (Å²) < 4.78 is 9.72. The van der Waals surface area contributed by atoms with Crippen molar-refractivity contribution in [2.45, 2.75) is 12.8 Å². The van der Waals surface area contributed by atoms with Gasteiger partial charge in [0.1, 0.15) is 13.1 Å². The van der Waals surface area contributed by atoms with Gasteiger partial charge in [-0.25, -0.2) is 0 Å². The second kappa shape index (κ2) is 9.45. The van der Waals surface area contributed by atoms with Crippen molar-refractivity contribution in [3.8, 4) is 0 Å². The molecule has 28 heavy (non-hydrogen) atoms. The largest absolute Gasteiger partial charge is 0.468 e. The Bertz CT molecular complexity index is 806. The first-order valence-corrected chi connectivity index (χ1v) is 9.15. The number of esters is 2. The molecule has 150 valence electrons. The van der Waals surface area contributed by atoms with Gasteiger partial charge in [-0.15, -0.1) is 0 Å². The Morgan fingerprint density at radius 2 is 1.57 bits per heavy atom. The number of carbonyl (C=O) groups excluding carboxylic acids is 5. The second-order valence-corrected chi connectivity index (χ2v) is 6.87. The lowest BCUT2D eigenvalue weighted by molar-refractivity contribution is -0.152. The highest BCUT2D eigenvalue weighted by Crippen LogP contribution is 2.26. The highest BCUT2D eigenvalue weighted by molar-refractivity contribution is 9.10. The molecular weight excluding hydrogens is 436 g/mol. The third-order valence-electron chi connectivity index (χ3n) is 4.15. The fraction of sp³-hybridized carbons (Fsp3) is 0.389. The molecular formula is C18H19BrN2O7. The number of hydrogen-bond donors (Lipinski definition) is 0. The van der Waals surface area contributed by atoms with Crippen LogP contribution >= 0.6 is 15.9 Å². The van der Waals surface area contributed by atoms with Gasteiger partial charge in [-0.1, -0.05) is 15.9 Å². The van der Waals surface area contributed by atoms with Gasteiger partial charge in [-0.3, -0.25) is 28.9 Å². The molecule has 0 saturated heterocycles. The monoisotopic (exact) mass is 454 g/mol. The summed E-state index contributed by atoms with van der Waals surface area (Å²) >= 11 is 3.26. The predicted octanol–water partition coefficient (Wildman–Crippen LogP) is 1.000. The van der Waals surface area contributed by atoms with E-state index in [4.69, 9.17) is 0 Å². The quantitative estimate of drug-likeness (QED) is 0.425. The van der Waals surface area contributed by atoms with Gasteiger partial charge in [0.25, 0.3) is 11.8 Å². The van der Waals surface area contributed by atoms with E-state index in [0.717, 1.165) is 9.80 Å². The molecule has 0 unspecified atom stereocenters. The number of ether oxygens (including phenoxy) is 2. The van der Waals surface area contributed by atoms with Gasteiger partial charge in [-0.2, -0.15) is 0 Å². The van der Waals surface area contributed by atoms with Crippen LogP contribution in [0.5, 0.6) is 0 Å². The Kier molecular flexibility index (Phi) is 7.27. The Labute approximate surface area is 169 Å². The van der Waals surface area contributed by atoms with Gasteiger partial charge < -0.3 is 14.4 Å². The SMILES string of the molecule is COC(=O)CN(CC(=O)OC)C(=O)CCCN1C(=O)c2ccc(Br)cc2C1=O. The van der Waals surface area contributed by atoms with Gasteiger partial charge in [0, 0.05) is 17.4 Å². The first-order chi connectivity index (χ1) is 13.3. The van der Waals surface area contributed by atoms with Crippen LogP contribution in [0.4, 0.5) is 0 Å². The van der Waals surface area contributed by atoms with E-state index in [1.54, 1.807) is 18.2 Å². The minimum absolute atomic E-state index is 0.0417. The van der Waals surface area contributed by atoms with Crippen molar-refractivity contribution in [2.75, 3.05) is 33.9 Å². The zero-order valence-corrected chi connectivity index (χ0v) is 17.0. The number of methoxy groups -OCH3 is 2. The minimum atomic E-state index is -0.678. The van der Waals surface area contributed by atoms with E-state index in [1.165, 1.54) is 14.2 Å². The van der Waals surface area contributed by atoms with E-state index in [9.17, 15) is 24.0 Å². The molecule has 3 amide bonds. The van der Waals surface area contributed by atoms with E-state index < -0.39 is 42.7 Å². The molecule has 1 heterocycles. The molecule has 1 aliphatic heterocycles. The highest BCUT2D eigenvalue weighted by Gasteiger charge is 2.35. The van der Waals surface area contributed by atoms with Crippen LogP contribution in [0.15, 0.2) is 22.7 Å². The molecule has 1 aliphatic rings. The molecule has 0 spiro atoms. The van der Waals surface area contributed by atoms with Crippen LogP contribution in [-0.2, 0) is 23.9 Å². The summed E-state index contributed by atoms with van der Waals surface area (Å²) in [5.74, 6) is -2.68. The molecule has 2 rings (SSSR count). The maximum atomic E-state index is 12.4. The van der Waals surface area contributed by atoms with Crippen molar-refractivity contribution in [2.24, 2.45) is 0 Å². The Morgan fingerprint density at radius 3 is 2.14 bits per heavy atom. The fourth-order valence-corrected chi connectivity index (χ4v) is 3.05. The number of amides is 3. The minimum Gasteiger partial charge on any atom is -0.468 e. The number of nitrogens with zero attached hydrogens (tertiary/aromatic N) is 2. The number of fused-ring (bicyclic) bond motifs is 1. The van der Waals surface area contributed by atoms with E-state index in [0.29, 0.717) is 15.6 Å². The lowest BCUT2D eigenvalue weighted by Gasteiger charge is -2.20. The third kappa shape index (κ3) is 4.94. The molecule has 0 radical (unpaired) electrons. The van der Waals surface area contributed by atoms with Crippen molar-refractivity contribution < 1.29 is 33.4 Å². The summed E-state index contributed by atoms with van der Waals surface area (Å²) in [5, 5.41) is 0. The van der Waals surface area contributed by atoms with Gasteiger partial charge in [0.2, 0.25) is 5.91 Å². The summed E-state index contributed by atoms with van der Waals surface area (Å²) in [6, 6.07) is 4.82. The summed E-state index contributed by atoms with van der Waals surface area (Å²) in [5.41, 5.74) is 0.626. The molecule has 9 nitrogen and oxygen atoms in total. The van der Waals surface area contributed by atoms with Crippen LogP contribution < -0.4 is 0 Å². The number of halogens is 1. The zero-order chi connectivity index (χ0) is 20.8. The lowest BCUT2D eigenvalue weighted by Crippen LogP contribution is -2.40. The van der Waals surface area contributed by atoms with Crippen LogP contribution in [0.2, 0.25) is 0 Å². The van der Waals surface area contributed by atoms with Crippen molar-refractivity contribution in [1.82, 2.24) is 9.80 Å². The predicted molar refractivity (Wildman–Crippen MR) is 99.4 cm³/mol. The summed E-state index contributed by atoms with van der Waals surface area (Å²) in [6.07, 6.45) is 0.120. The van der Waals surface area contributed by atoms with E-state index in [-0.39, 0.29) is 19.4 Å². The third-order valence-corrected chi connectivity index (χ3v) is 4.65. The van der Waals surface area contributed by atoms with Gasteiger partial charge in [0.15, 0.2) is 0 Å². The smallest absolute Gasteiger partial charge is 0.325 e. The molecule has 0 aliphatic carbocycles. The standard InChI is InChI=1S/C18H19BrN2O7/c1-27-15(23)9-20(10-16(24)28-2)14(22)4-3-7-21-17(25)12-6-5-11(19)8-13(12)18(21)26/h5-6,8H,3-4,7,9-10H2,1-2H3. The Balaban J connectivity index is 1.96. The average Bonchev–Trinajstić information content (AvgIpc) is 2.91. The first-order valence-electron chi connectivity index (χ1n) is 8.35. The molecule has 0 N–H and O–H groups in total. The topological polar surface area (TPSA) is 110 Å². The van der Waals surface area contributed by atoms with Crippen LogP contribution in [0.3, 0.4) is 0 Å². The normalized spacial score (nSPS) is 12.6. The number of benzene rings is 1. The lowest BCUT2D eigenvalue weighted by atomic mass is 10.1. The van der Waals surface area contributed by atoms with Gasteiger partial charge in [-0.05, 0) is 24.6 Å². The van der Waals surface area contributed by atoms with Gasteiger partial charge in [0.05, 0.1) is 25.3 Å². The number of hydrogen-bond acceptors (Lipinski definition) is 7. The van der Waals surface area contributed by atoms with Crippen molar-refractivity contribution in [3.63, 3.8) is 0 Å². The van der Waals surface area contributed by atoms with Crippen molar-refractivity contribution in [1.29, 1.82) is 0 Å². The van der Waals surface area contributed by atoms with Crippen LogP contribution in [0, 0.1) is 0 Å². The van der Waals surface area contributed by atoms with Crippen molar-refractivity contribution in [3.05, 3.63) is 33.8 Å². The Morgan fingerprint density at radius 1 is 1.00 bits per heavy atom. The highest BCUT2D eigenvalue weighted by atomic mass is 79.9. The first kappa shape index (κ1) is 21.5. The molecule has 10 heteroatoms. The van der Waals surface area contributed by atoms with Crippen molar-refractivity contribution >= 4 is 45.6 Å². The molecule has 0 fully saturated rings. The fourth-order valence-electron chi connectivity index (χ4n) is 2.69. The molecule has 0 aromatic heterocycles.